The molecule has 1 amide bonds. The summed E-state index contributed by atoms with van der Waals surface area (Å²) < 4.78 is 25.9. The van der Waals surface area contributed by atoms with Crippen molar-refractivity contribution < 1.29 is 13.2 Å². The van der Waals surface area contributed by atoms with E-state index in [1.165, 1.54) is 28.8 Å². The molecule has 0 aliphatic heterocycles. The number of nitrogens with two attached hydrogens (primary N) is 1. The zero-order valence-electron chi connectivity index (χ0n) is 16.6. The first-order valence-corrected chi connectivity index (χ1v) is 11.9. The number of fused-ring (bicyclic) bond motifs is 3. The minimum atomic E-state index is -3.80. The highest BCUT2D eigenvalue weighted by atomic mass is 32.2. The largest absolute Gasteiger partial charge is 0.325 e. The van der Waals surface area contributed by atoms with E-state index in [0.29, 0.717) is 27.5 Å². The number of para-hydroxylation sites is 1. The molecule has 0 atom stereocenters. The van der Waals surface area contributed by atoms with Crippen LogP contribution in [-0.4, -0.2) is 39.2 Å². The quantitative estimate of drug-likeness (QED) is 0.309. The van der Waals surface area contributed by atoms with Crippen LogP contribution in [0.15, 0.2) is 76.0 Å². The maximum atomic E-state index is 12.8. The average Bonchev–Trinajstić information content (AvgIpc) is 3.19. The van der Waals surface area contributed by atoms with Crippen molar-refractivity contribution in [1.82, 2.24) is 19.2 Å². The van der Waals surface area contributed by atoms with Crippen molar-refractivity contribution in [3.05, 3.63) is 71.5 Å². The Morgan fingerprint density at radius 2 is 1.88 bits per heavy atom. The van der Waals surface area contributed by atoms with Crippen LogP contribution in [0, 0.1) is 0 Å². The van der Waals surface area contributed by atoms with E-state index in [-0.39, 0.29) is 28.7 Å². The van der Waals surface area contributed by atoms with Crippen LogP contribution in [0.1, 0.15) is 0 Å². The lowest BCUT2D eigenvalue weighted by atomic mass is 10.2. The topological polar surface area (TPSA) is 141 Å². The number of carbonyl (C=O) groups is 1. The second kappa shape index (κ2) is 8.57. The molecular formula is C20H18N6O4S2. The van der Waals surface area contributed by atoms with Crippen LogP contribution in [0.3, 0.4) is 0 Å². The molecule has 0 fully saturated rings. The van der Waals surface area contributed by atoms with Gasteiger partial charge >= 0.3 is 0 Å². The van der Waals surface area contributed by atoms with E-state index < -0.39 is 10.0 Å². The maximum absolute atomic E-state index is 12.8. The Morgan fingerprint density at radius 3 is 2.56 bits per heavy atom. The molecule has 12 heteroatoms. The summed E-state index contributed by atoms with van der Waals surface area (Å²) >= 11 is 1.16. The van der Waals surface area contributed by atoms with Crippen molar-refractivity contribution in [2.24, 2.45) is 5.14 Å². The molecule has 0 unspecified atom stereocenters. The summed E-state index contributed by atoms with van der Waals surface area (Å²) in [6.07, 6.45) is 1.60. The summed E-state index contributed by atoms with van der Waals surface area (Å²) in [5.74, 6) is 0.0565. The Kier molecular flexibility index (Phi) is 5.82. The predicted octanol–water partition coefficient (Wildman–Crippen LogP) is 1.61. The summed E-state index contributed by atoms with van der Waals surface area (Å²) in [5.41, 5.74) is 0.872. The molecule has 2 aromatic carbocycles. The lowest BCUT2D eigenvalue weighted by molar-refractivity contribution is -0.113. The van der Waals surface area contributed by atoms with E-state index in [4.69, 9.17) is 5.14 Å². The number of primary sulfonamides is 1. The third kappa shape index (κ3) is 4.15. The molecule has 4 aromatic rings. The fraction of sp³-hybridized carbons (Fsp3) is 0.100. The molecule has 0 aliphatic carbocycles. The number of aromatic nitrogens is 4. The molecule has 4 rings (SSSR count). The number of amides is 1. The third-order valence-corrected chi connectivity index (χ3v) is 6.45. The van der Waals surface area contributed by atoms with Crippen LogP contribution in [-0.2, 0) is 21.4 Å². The van der Waals surface area contributed by atoms with Crippen LogP contribution < -0.4 is 16.0 Å². The summed E-state index contributed by atoms with van der Waals surface area (Å²) in [6.45, 7) is 3.96. The van der Waals surface area contributed by atoms with Gasteiger partial charge in [0.1, 0.15) is 0 Å². The van der Waals surface area contributed by atoms with E-state index >= 15 is 0 Å². The lowest BCUT2D eigenvalue weighted by Gasteiger charge is -2.09. The lowest BCUT2D eigenvalue weighted by Crippen LogP contribution is -2.22. The van der Waals surface area contributed by atoms with Crippen molar-refractivity contribution in [3.63, 3.8) is 0 Å². The zero-order valence-corrected chi connectivity index (χ0v) is 18.3. The number of benzene rings is 2. The fourth-order valence-electron chi connectivity index (χ4n) is 3.18. The van der Waals surface area contributed by atoms with Gasteiger partial charge in [-0.25, -0.2) is 13.6 Å². The van der Waals surface area contributed by atoms with Crippen LogP contribution in [0.5, 0.6) is 0 Å². The highest BCUT2D eigenvalue weighted by Crippen LogP contribution is 2.22. The van der Waals surface area contributed by atoms with Crippen LogP contribution in [0.2, 0.25) is 0 Å². The second-order valence-corrected chi connectivity index (χ2v) is 9.25. The number of nitrogens with zero attached hydrogens (tertiary/aromatic N) is 4. The Morgan fingerprint density at radius 1 is 1.16 bits per heavy atom. The van der Waals surface area contributed by atoms with E-state index in [1.54, 1.807) is 28.7 Å². The zero-order chi connectivity index (χ0) is 22.9. The number of allylic oxidation sites excluding steroid dienone is 1. The first-order valence-electron chi connectivity index (χ1n) is 9.32. The van der Waals surface area contributed by atoms with E-state index in [1.807, 2.05) is 6.07 Å². The van der Waals surface area contributed by atoms with Crippen molar-refractivity contribution in [2.75, 3.05) is 11.1 Å². The fourth-order valence-corrected chi connectivity index (χ4v) is 4.43. The van der Waals surface area contributed by atoms with Crippen LogP contribution in [0.4, 0.5) is 5.69 Å². The summed E-state index contributed by atoms with van der Waals surface area (Å²) in [5, 5.41) is 17.0. The number of thioether (sulfide) groups is 1. The molecule has 164 valence electrons. The number of anilines is 1. The number of hydrogen-bond acceptors (Lipinski definition) is 7. The second-order valence-electron chi connectivity index (χ2n) is 6.75. The molecule has 0 radical (unpaired) electrons. The standard InChI is InChI=1S/C20H18N6O4S2/c1-2-11-25-18(28)15-5-3-4-6-16(15)26-19(25)23-24-20(26)31-12-17(27)22-13-7-9-14(10-8-13)32(21,29)30/h2-10H,1,11-12H2,(H,22,27)(H2,21,29,30). The van der Waals surface area contributed by atoms with E-state index in [0.717, 1.165) is 11.8 Å². The minimum Gasteiger partial charge on any atom is -0.325 e. The predicted molar refractivity (Wildman–Crippen MR) is 122 cm³/mol. The Labute approximate surface area is 186 Å². The van der Waals surface area contributed by atoms with Crippen molar-refractivity contribution >= 4 is 50.1 Å². The monoisotopic (exact) mass is 470 g/mol. The van der Waals surface area contributed by atoms with Gasteiger partial charge in [0, 0.05) is 12.2 Å². The molecular weight excluding hydrogens is 452 g/mol. The van der Waals surface area contributed by atoms with Crippen molar-refractivity contribution in [2.45, 2.75) is 16.6 Å². The summed E-state index contributed by atoms with van der Waals surface area (Å²) in [4.78, 5) is 25.2. The first kappa shape index (κ1) is 21.7. The molecule has 32 heavy (non-hydrogen) atoms. The van der Waals surface area contributed by atoms with Gasteiger partial charge in [-0.05, 0) is 36.4 Å². The SMILES string of the molecule is C=CCn1c(=O)c2ccccc2n2c(SCC(=O)Nc3ccc(S(N)(=O)=O)cc3)nnc12. The van der Waals surface area contributed by atoms with Gasteiger partial charge < -0.3 is 5.32 Å². The number of sulfonamides is 1. The normalized spacial score (nSPS) is 11.7. The molecule has 2 heterocycles. The molecule has 0 saturated heterocycles. The Hall–Kier alpha value is -3.48. The number of hydrogen-bond donors (Lipinski definition) is 2. The van der Waals surface area contributed by atoms with Gasteiger partial charge in [0.15, 0.2) is 5.16 Å². The minimum absolute atomic E-state index is 0.0205. The van der Waals surface area contributed by atoms with E-state index in [9.17, 15) is 18.0 Å². The van der Waals surface area contributed by atoms with Crippen LogP contribution >= 0.6 is 11.8 Å². The Balaban J connectivity index is 1.59. The highest BCUT2D eigenvalue weighted by Gasteiger charge is 2.17. The van der Waals surface area contributed by atoms with Crippen molar-refractivity contribution in [1.29, 1.82) is 0 Å². The Bertz CT molecular complexity index is 1510. The molecule has 3 N–H and O–H groups in total. The van der Waals surface area contributed by atoms with Gasteiger partial charge in [0.25, 0.3) is 5.56 Å². The van der Waals surface area contributed by atoms with Crippen molar-refractivity contribution in [3.8, 4) is 0 Å². The number of rotatable bonds is 7. The van der Waals surface area contributed by atoms with E-state index in [2.05, 4.69) is 22.1 Å². The van der Waals surface area contributed by atoms with Crippen LogP contribution in [0.25, 0.3) is 16.7 Å². The van der Waals surface area contributed by atoms with Gasteiger partial charge in [-0.2, -0.15) is 0 Å². The molecule has 10 nitrogen and oxygen atoms in total. The van der Waals surface area contributed by atoms with Gasteiger partial charge in [-0.15, -0.1) is 16.8 Å². The average molecular weight is 471 g/mol. The number of nitrogens with one attached hydrogen (secondary N) is 1. The maximum Gasteiger partial charge on any atom is 0.263 e. The summed E-state index contributed by atoms with van der Waals surface area (Å²) in [6, 6.07) is 12.6. The molecule has 0 aliphatic rings. The van der Waals surface area contributed by atoms with Gasteiger partial charge in [-0.3, -0.25) is 18.6 Å². The smallest absolute Gasteiger partial charge is 0.263 e. The molecule has 0 bridgehead atoms. The summed E-state index contributed by atoms with van der Waals surface area (Å²) in [7, 11) is -3.80. The van der Waals surface area contributed by atoms with Gasteiger partial charge in [-0.1, -0.05) is 30.0 Å². The molecule has 0 saturated carbocycles. The molecule has 0 spiro atoms. The van der Waals surface area contributed by atoms with Gasteiger partial charge in [0.2, 0.25) is 21.7 Å². The highest BCUT2D eigenvalue weighted by molar-refractivity contribution is 7.99. The van der Waals surface area contributed by atoms with Gasteiger partial charge in [0.05, 0.1) is 21.6 Å². The number of carbonyl (C=O) groups excluding carboxylic acids is 1. The molecule has 2 aromatic heterocycles. The third-order valence-electron chi connectivity index (χ3n) is 4.59. The first-order chi connectivity index (χ1) is 15.3.